The second-order valence-corrected chi connectivity index (χ2v) is 6.19. The van der Waals surface area contributed by atoms with Crippen LogP contribution in [0.2, 0.25) is 0 Å². The Morgan fingerprint density at radius 2 is 2.21 bits per heavy atom. The maximum Gasteiger partial charge on any atom is 0.273 e. The average Bonchev–Trinajstić information content (AvgIpc) is 2.95. The summed E-state index contributed by atoms with van der Waals surface area (Å²) >= 11 is 5.54. The molecule has 1 unspecified atom stereocenters. The molecule has 3 rings (SSSR count). The van der Waals surface area contributed by atoms with Gasteiger partial charge in [0.25, 0.3) is 5.56 Å². The highest BCUT2D eigenvalue weighted by Crippen LogP contribution is 2.30. The van der Waals surface area contributed by atoms with Gasteiger partial charge in [0.15, 0.2) is 17.3 Å². The van der Waals surface area contributed by atoms with Crippen LogP contribution in [0.25, 0.3) is 5.65 Å². The van der Waals surface area contributed by atoms with Crippen molar-refractivity contribution in [2.24, 2.45) is 0 Å². The van der Waals surface area contributed by atoms with Crippen molar-refractivity contribution in [1.29, 1.82) is 5.26 Å². The van der Waals surface area contributed by atoms with Gasteiger partial charge in [0.05, 0.1) is 10.9 Å². The van der Waals surface area contributed by atoms with Crippen LogP contribution >= 0.6 is 24.4 Å². The van der Waals surface area contributed by atoms with Crippen molar-refractivity contribution < 1.29 is 8.78 Å². The number of nitrogens with one attached hydrogen (secondary N) is 1. The SMILES string of the molecule is CSc1[nH]n2c(=O)cc(C(S)c3cccc(F)c3F)nc2c1C#N. The lowest BCUT2D eigenvalue weighted by atomic mass is 10.1. The van der Waals surface area contributed by atoms with Crippen LogP contribution in [-0.4, -0.2) is 20.9 Å². The molecule has 1 aromatic carbocycles. The number of hydrogen-bond acceptors (Lipinski definition) is 5. The molecule has 0 aliphatic carbocycles. The zero-order chi connectivity index (χ0) is 17.4. The van der Waals surface area contributed by atoms with Crippen LogP contribution in [0.3, 0.4) is 0 Å². The lowest BCUT2D eigenvalue weighted by Crippen LogP contribution is -2.17. The number of nitriles is 1. The molecule has 5 nitrogen and oxygen atoms in total. The molecule has 0 amide bonds. The van der Waals surface area contributed by atoms with Gasteiger partial charge in [-0.05, 0) is 12.3 Å². The van der Waals surface area contributed by atoms with E-state index in [1.165, 1.54) is 30.0 Å². The zero-order valence-corrected chi connectivity index (χ0v) is 14.0. The van der Waals surface area contributed by atoms with E-state index in [1.54, 1.807) is 6.26 Å². The summed E-state index contributed by atoms with van der Waals surface area (Å²) in [4.78, 5) is 16.5. The number of thiol groups is 1. The predicted molar refractivity (Wildman–Crippen MR) is 89.5 cm³/mol. The molecule has 2 aromatic heterocycles. The smallest absolute Gasteiger partial charge is 0.273 e. The van der Waals surface area contributed by atoms with Gasteiger partial charge in [-0.15, -0.1) is 11.8 Å². The molecule has 0 fully saturated rings. The predicted octanol–water partition coefficient (Wildman–Crippen LogP) is 2.91. The summed E-state index contributed by atoms with van der Waals surface area (Å²) in [6, 6.07) is 6.89. The minimum Gasteiger partial charge on any atom is -0.282 e. The van der Waals surface area contributed by atoms with E-state index in [-0.39, 0.29) is 22.5 Å². The summed E-state index contributed by atoms with van der Waals surface area (Å²) in [5.41, 5.74) is -0.0331. The van der Waals surface area contributed by atoms with Gasteiger partial charge >= 0.3 is 0 Å². The molecule has 0 saturated carbocycles. The maximum atomic E-state index is 14.0. The lowest BCUT2D eigenvalue weighted by molar-refractivity contribution is 0.500. The van der Waals surface area contributed by atoms with E-state index < -0.39 is 22.4 Å². The maximum absolute atomic E-state index is 14.0. The highest BCUT2D eigenvalue weighted by atomic mass is 32.2. The molecule has 2 heterocycles. The van der Waals surface area contributed by atoms with Crippen molar-refractivity contribution in [2.75, 3.05) is 6.26 Å². The normalized spacial score (nSPS) is 12.3. The number of aromatic nitrogens is 3. The quantitative estimate of drug-likeness (QED) is 0.554. The van der Waals surface area contributed by atoms with E-state index in [4.69, 9.17) is 0 Å². The van der Waals surface area contributed by atoms with Crippen LogP contribution in [0.1, 0.15) is 22.1 Å². The van der Waals surface area contributed by atoms with Crippen molar-refractivity contribution in [1.82, 2.24) is 14.6 Å². The third kappa shape index (κ3) is 2.57. The monoisotopic (exact) mass is 364 g/mol. The second-order valence-electron chi connectivity index (χ2n) is 4.86. The molecule has 0 spiro atoms. The Kier molecular flexibility index (Phi) is 4.34. The van der Waals surface area contributed by atoms with Crippen LogP contribution in [0, 0.1) is 23.0 Å². The standard InChI is InChI=1S/C15H10F2N4OS2/c1-24-15-8(6-18)14-19-10(5-11(22)21(14)20-15)13(23)7-3-2-4-9(16)12(7)17/h2-5,13,20,23H,1H3. The Morgan fingerprint density at radius 3 is 2.88 bits per heavy atom. The van der Waals surface area contributed by atoms with E-state index in [0.29, 0.717) is 5.03 Å². The summed E-state index contributed by atoms with van der Waals surface area (Å²) in [5, 5.41) is 11.6. The van der Waals surface area contributed by atoms with Crippen LogP contribution in [-0.2, 0) is 0 Å². The first-order valence-corrected chi connectivity index (χ1v) is 8.43. The molecular formula is C15H10F2N4OS2. The molecule has 3 aromatic rings. The van der Waals surface area contributed by atoms with Gasteiger partial charge in [-0.1, -0.05) is 12.1 Å². The van der Waals surface area contributed by atoms with Crippen LogP contribution < -0.4 is 5.56 Å². The van der Waals surface area contributed by atoms with Gasteiger partial charge in [-0.3, -0.25) is 9.89 Å². The zero-order valence-electron chi connectivity index (χ0n) is 12.2. The van der Waals surface area contributed by atoms with Crippen LogP contribution in [0.15, 0.2) is 34.1 Å². The molecule has 0 saturated heterocycles. The first kappa shape index (κ1) is 16.5. The number of hydrogen-bond donors (Lipinski definition) is 2. The van der Waals surface area contributed by atoms with Gasteiger partial charge in [-0.25, -0.2) is 13.8 Å². The fraction of sp³-hybridized carbons (Fsp3) is 0.133. The molecule has 0 bridgehead atoms. The molecule has 24 heavy (non-hydrogen) atoms. The van der Waals surface area contributed by atoms with Crippen LogP contribution in [0.5, 0.6) is 0 Å². The van der Waals surface area contributed by atoms with E-state index in [1.807, 2.05) is 6.07 Å². The number of fused-ring (bicyclic) bond motifs is 1. The molecule has 1 N–H and O–H groups in total. The Hall–Kier alpha value is -2.31. The van der Waals surface area contributed by atoms with Crippen molar-refractivity contribution in [3.05, 3.63) is 63.1 Å². The van der Waals surface area contributed by atoms with E-state index >= 15 is 0 Å². The molecule has 0 aliphatic rings. The number of H-pyrrole nitrogens is 1. The Bertz CT molecular complexity index is 1040. The molecule has 1 atom stereocenters. The van der Waals surface area contributed by atoms with Gasteiger partial charge < -0.3 is 0 Å². The van der Waals surface area contributed by atoms with Crippen LogP contribution in [0.4, 0.5) is 8.78 Å². The topological polar surface area (TPSA) is 73.9 Å². The highest BCUT2D eigenvalue weighted by molar-refractivity contribution is 7.98. The highest BCUT2D eigenvalue weighted by Gasteiger charge is 2.21. The second kappa shape index (κ2) is 6.30. The fourth-order valence-electron chi connectivity index (χ4n) is 2.31. The Balaban J connectivity index is 2.22. The van der Waals surface area contributed by atoms with Crippen molar-refractivity contribution >= 4 is 30.0 Å². The average molecular weight is 364 g/mol. The number of rotatable bonds is 3. The first-order valence-electron chi connectivity index (χ1n) is 6.69. The summed E-state index contributed by atoms with van der Waals surface area (Å²) in [6.45, 7) is 0. The summed E-state index contributed by atoms with van der Waals surface area (Å²) in [6.07, 6.45) is 1.75. The van der Waals surface area contributed by atoms with Crippen molar-refractivity contribution in [3.63, 3.8) is 0 Å². The number of aromatic amines is 1. The molecule has 0 radical (unpaired) electrons. The largest absolute Gasteiger partial charge is 0.282 e. The Morgan fingerprint density at radius 1 is 1.46 bits per heavy atom. The Labute approximate surface area is 144 Å². The minimum absolute atomic E-state index is 0.0336. The van der Waals surface area contributed by atoms with Crippen molar-refractivity contribution in [3.8, 4) is 6.07 Å². The fourth-order valence-corrected chi connectivity index (χ4v) is 3.17. The molecule has 9 heteroatoms. The number of halogens is 2. The number of benzene rings is 1. The summed E-state index contributed by atoms with van der Waals surface area (Å²) in [7, 11) is 0. The molecular weight excluding hydrogens is 354 g/mol. The van der Waals surface area contributed by atoms with Gasteiger partial charge in [-0.2, -0.15) is 22.4 Å². The third-order valence-electron chi connectivity index (χ3n) is 3.47. The first-order chi connectivity index (χ1) is 11.5. The third-order valence-corrected chi connectivity index (χ3v) is 4.72. The molecule has 0 aliphatic heterocycles. The number of thioether (sulfide) groups is 1. The number of nitrogens with zero attached hydrogens (tertiary/aromatic N) is 3. The van der Waals surface area contributed by atoms with E-state index in [2.05, 4.69) is 22.7 Å². The molecule has 122 valence electrons. The van der Waals surface area contributed by atoms with E-state index in [9.17, 15) is 18.8 Å². The van der Waals surface area contributed by atoms with Gasteiger partial charge in [0.1, 0.15) is 16.7 Å². The van der Waals surface area contributed by atoms with Crippen molar-refractivity contribution in [2.45, 2.75) is 10.3 Å². The van der Waals surface area contributed by atoms with E-state index in [0.717, 1.165) is 10.6 Å². The summed E-state index contributed by atoms with van der Waals surface area (Å²) in [5.74, 6) is -2.05. The van der Waals surface area contributed by atoms with Gasteiger partial charge in [0.2, 0.25) is 0 Å². The van der Waals surface area contributed by atoms with Gasteiger partial charge in [0, 0.05) is 11.6 Å². The summed E-state index contributed by atoms with van der Waals surface area (Å²) < 4.78 is 28.5. The minimum atomic E-state index is -1.04. The lowest BCUT2D eigenvalue weighted by Gasteiger charge is -2.12.